The van der Waals surface area contributed by atoms with E-state index >= 15 is 0 Å². The standard InChI is InChI=1S/C14H18N2O2S/c17-13(18)6-3-8-15-14(19)16-9-7-11-4-1-2-5-12(11)10-16/h1-2,4-5H,3,6-10H2,(H,15,19)(H,17,18). The van der Waals surface area contributed by atoms with Crippen molar-refractivity contribution < 1.29 is 9.90 Å². The van der Waals surface area contributed by atoms with E-state index < -0.39 is 5.97 Å². The lowest BCUT2D eigenvalue weighted by atomic mass is 10.0. The number of carboxylic acid groups (broad SMARTS) is 1. The van der Waals surface area contributed by atoms with Gasteiger partial charge in [-0.3, -0.25) is 4.79 Å². The van der Waals surface area contributed by atoms with Gasteiger partial charge in [0.1, 0.15) is 0 Å². The highest BCUT2D eigenvalue weighted by Crippen LogP contribution is 2.18. The summed E-state index contributed by atoms with van der Waals surface area (Å²) in [6.07, 6.45) is 1.78. The van der Waals surface area contributed by atoms with Crippen LogP contribution in [-0.4, -0.2) is 34.2 Å². The lowest BCUT2D eigenvalue weighted by molar-refractivity contribution is -0.137. The quantitative estimate of drug-likeness (QED) is 0.649. The predicted molar refractivity (Wildman–Crippen MR) is 78.0 cm³/mol. The predicted octanol–water partition coefficient (Wildman–Crippen LogP) is 1.78. The monoisotopic (exact) mass is 278 g/mol. The first-order valence-corrected chi connectivity index (χ1v) is 6.89. The zero-order valence-electron chi connectivity index (χ0n) is 10.8. The van der Waals surface area contributed by atoms with Crippen molar-refractivity contribution in [2.75, 3.05) is 13.1 Å². The first-order chi connectivity index (χ1) is 9.16. The lowest BCUT2D eigenvalue weighted by Crippen LogP contribution is -2.42. The van der Waals surface area contributed by atoms with E-state index in [-0.39, 0.29) is 6.42 Å². The summed E-state index contributed by atoms with van der Waals surface area (Å²) in [5, 5.41) is 12.4. The molecule has 0 aromatic heterocycles. The normalized spacial score (nSPS) is 13.8. The van der Waals surface area contributed by atoms with Crippen LogP contribution in [0.4, 0.5) is 0 Å². The van der Waals surface area contributed by atoms with Gasteiger partial charge in [-0.25, -0.2) is 0 Å². The van der Waals surface area contributed by atoms with Crippen LogP contribution in [0.2, 0.25) is 0 Å². The molecule has 0 aliphatic carbocycles. The highest BCUT2D eigenvalue weighted by molar-refractivity contribution is 7.80. The Bertz CT molecular complexity index is 476. The van der Waals surface area contributed by atoms with Gasteiger partial charge < -0.3 is 15.3 Å². The van der Waals surface area contributed by atoms with Crippen molar-refractivity contribution in [1.82, 2.24) is 10.2 Å². The Kier molecular flexibility index (Phi) is 4.74. The number of fused-ring (bicyclic) bond motifs is 1. The second-order valence-electron chi connectivity index (χ2n) is 4.67. The number of benzene rings is 1. The molecule has 0 radical (unpaired) electrons. The topological polar surface area (TPSA) is 52.6 Å². The van der Waals surface area contributed by atoms with Gasteiger partial charge in [0.2, 0.25) is 0 Å². The molecule has 2 N–H and O–H groups in total. The number of hydrogen-bond donors (Lipinski definition) is 2. The molecule has 1 aromatic rings. The first kappa shape index (κ1) is 13.8. The van der Waals surface area contributed by atoms with Gasteiger partial charge in [-0.05, 0) is 36.2 Å². The molecule has 102 valence electrons. The molecule has 0 amide bonds. The summed E-state index contributed by atoms with van der Waals surface area (Å²) in [4.78, 5) is 12.5. The van der Waals surface area contributed by atoms with Gasteiger partial charge in [-0.2, -0.15) is 0 Å². The van der Waals surface area contributed by atoms with E-state index in [4.69, 9.17) is 17.3 Å². The number of carboxylic acids is 1. The van der Waals surface area contributed by atoms with Crippen LogP contribution >= 0.6 is 12.2 Å². The Labute approximate surface area is 118 Å². The number of carbonyl (C=O) groups is 1. The lowest BCUT2D eigenvalue weighted by Gasteiger charge is -2.31. The molecule has 2 rings (SSSR count). The molecule has 1 aliphatic rings. The summed E-state index contributed by atoms with van der Waals surface area (Å²) in [6.45, 7) is 2.37. The maximum Gasteiger partial charge on any atom is 0.303 e. The van der Waals surface area contributed by atoms with Crippen LogP contribution in [0, 0.1) is 0 Å². The molecule has 0 fully saturated rings. The number of nitrogens with one attached hydrogen (secondary N) is 1. The molecule has 4 nitrogen and oxygen atoms in total. The zero-order chi connectivity index (χ0) is 13.7. The number of rotatable bonds is 4. The number of nitrogens with zero attached hydrogens (tertiary/aromatic N) is 1. The number of thiocarbonyl (C=S) groups is 1. The average molecular weight is 278 g/mol. The molecule has 19 heavy (non-hydrogen) atoms. The van der Waals surface area contributed by atoms with Crippen molar-refractivity contribution >= 4 is 23.3 Å². The van der Waals surface area contributed by atoms with Crippen LogP contribution in [0.1, 0.15) is 24.0 Å². The molecule has 1 heterocycles. The Balaban J connectivity index is 1.80. The van der Waals surface area contributed by atoms with Gasteiger partial charge in [0, 0.05) is 26.1 Å². The van der Waals surface area contributed by atoms with Gasteiger partial charge in [0.25, 0.3) is 0 Å². The summed E-state index contributed by atoms with van der Waals surface area (Å²) in [6, 6.07) is 8.41. The minimum Gasteiger partial charge on any atom is -0.481 e. The fourth-order valence-electron chi connectivity index (χ4n) is 2.22. The van der Waals surface area contributed by atoms with E-state index in [0.29, 0.717) is 13.0 Å². The molecule has 5 heteroatoms. The van der Waals surface area contributed by atoms with Crippen LogP contribution in [0.15, 0.2) is 24.3 Å². The van der Waals surface area contributed by atoms with Gasteiger partial charge in [0.05, 0.1) is 0 Å². The van der Waals surface area contributed by atoms with Crippen molar-refractivity contribution in [2.24, 2.45) is 0 Å². The number of hydrogen-bond acceptors (Lipinski definition) is 2. The molecule has 0 unspecified atom stereocenters. The van der Waals surface area contributed by atoms with Crippen molar-refractivity contribution in [3.8, 4) is 0 Å². The third-order valence-corrected chi connectivity index (χ3v) is 3.66. The highest BCUT2D eigenvalue weighted by atomic mass is 32.1. The minimum atomic E-state index is -0.764. The maximum atomic E-state index is 10.4. The van der Waals surface area contributed by atoms with Crippen LogP contribution in [0.3, 0.4) is 0 Å². The highest BCUT2D eigenvalue weighted by Gasteiger charge is 2.17. The Morgan fingerprint density at radius 2 is 2.11 bits per heavy atom. The molecular weight excluding hydrogens is 260 g/mol. The third-order valence-electron chi connectivity index (χ3n) is 3.26. The van der Waals surface area contributed by atoms with Gasteiger partial charge in [-0.1, -0.05) is 24.3 Å². The van der Waals surface area contributed by atoms with E-state index in [0.717, 1.165) is 24.6 Å². The molecule has 0 saturated carbocycles. The molecular formula is C14H18N2O2S. The average Bonchev–Trinajstić information content (AvgIpc) is 2.42. The zero-order valence-corrected chi connectivity index (χ0v) is 11.6. The Hall–Kier alpha value is -1.62. The molecule has 0 saturated heterocycles. The second-order valence-corrected chi connectivity index (χ2v) is 5.06. The second kappa shape index (κ2) is 6.52. The summed E-state index contributed by atoms with van der Waals surface area (Å²) < 4.78 is 0. The van der Waals surface area contributed by atoms with Crippen LogP contribution < -0.4 is 5.32 Å². The first-order valence-electron chi connectivity index (χ1n) is 6.48. The van der Waals surface area contributed by atoms with Crippen LogP contribution in [0.25, 0.3) is 0 Å². The SMILES string of the molecule is O=C(O)CCCNC(=S)N1CCc2ccccc2C1. The van der Waals surface area contributed by atoms with E-state index in [1.807, 2.05) is 6.07 Å². The Morgan fingerprint density at radius 1 is 1.37 bits per heavy atom. The summed E-state index contributed by atoms with van der Waals surface area (Å²) >= 11 is 5.35. The van der Waals surface area contributed by atoms with E-state index in [1.54, 1.807) is 0 Å². The van der Waals surface area contributed by atoms with E-state index in [1.165, 1.54) is 11.1 Å². The van der Waals surface area contributed by atoms with E-state index in [2.05, 4.69) is 28.4 Å². The molecule has 1 aromatic carbocycles. The van der Waals surface area contributed by atoms with Crippen molar-refractivity contribution in [2.45, 2.75) is 25.8 Å². The summed E-state index contributed by atoms with van der Waals surface area (Å²) in [5.41, 5.74) is 2.72. The third kappa shape index (κ3) is 3.92. The fourth-order valence-corrected chi connectivity index (χ4v) is 2.47. The van der Waals surface area contributed by atoms with Crippen LogP contribution in [-0.2, 0) is 17.8 Å². The smallest absolute Gasteiger partial charge is 0.303 e. The van der Waals surface area contributed by atoms with Gasteiger partial charge in [0.15, 0.2) is 5.11 Å². The maximum absolute atomic E-state index is 10.4. The van der Waals surface area contributed by atoms with E-state index in [9.17, 15) is 4.79 Å². The van der Waals surface area contributed by atoms with Gasteiger partial charge in [-0.15, -0.1) is 0 Å². The van der Waals surface area contributed by atoms with Crippen molar-refractivity contribution in [3.05, 3.63) is 35.4 Å². The molecule has 0 spiro atoms. The molecule has 1 aliphatic heterocycles. The number of aliphatic carboxylic acids is 1. The Morgan fingerprint density at radius 3 is 2.84 bits per heavy atom. The summed E-state index contributed by atoms with van der Waals surface area (Å²) in [7, 11) is 0. The van der Waals surface area contributed by atoms with Crippen molar-refractivity contribution in [1.29, 1.82) is 0 Å². The largest absolute Gasteiger partial charge is 0.481 e. The molecule has 0 atom stereocenters. The van der Waals surface area contributed by atoms with Crippen LogP contribution in [0.5, 0.6) is 0 Å². The molecule has 0 bridgehead atoms. The minimum absolute atomic E-state index is 0.179. The van der Waals surface area contributed by atoms with Crippen molar-refractivity contribution in [3.63, 3.8) is 0 Å². The van der Waals surface area contributed by atoms with Gasteiger partial charge >= 0.3 is 5.97 Å². The fraction of sp³-hybridized carbons (Fsp3) is 0.429. The summed E-state index contributed by atoms with van der Waals surface area (Å²) in [5.74, 6) is -0.764.